The fourth-order valence-corrected chi connectivity index (χ4v) is 5.75. The number of aliphatic hydroxyl groups excluding tert-OH is 1. The van der Waals surface area contributed by atoms with Gasteiger partial charge in [0, 0.05) is 16.7 Å². The van der Waals surface area contributed by atoms with E-state index in [0.717, 1.165) is 11.3 Å². The van der Waals surface area contributed by atoms with E-state index in [1.165, 1.54) is 29.2 Å². The Kier molecular flexibility index (Phi) is 6.95. The lowest BCUT2D eigenvalue weighted by Gasteiger charge is -2.49. The topological polar surface area (TPSA) is 202 Å². The summed E-state index contributed by atoms with van der Waals surface area (Å²) in [6.07, 6.45) is 1.68. The molecule has 1 saturated heterocycles. The van der Waals surface area contributed by atoms with Gasteiger partial charge in [-0.25, -0.2) is 9.78 Å². The molecule has 0 aromatic carbocycles. The Morgan fingerprint density at radius 2 is 2.20 bits per heavy atom. The molecule has 0 radical (unpaired) electrons. The number of aliphatic hydroxyl groups is 1. The van der Waals surface area contributed by atoms with Crippen LogP contribution in [0.15, 0.2) is 34.1 Å². The maximum atomic E-state index is 13.0. The first-order chi connectivity index (χ1) is 16.8. The van der Waals surface area contributed by atoms with Crippen molar-refractivity contribution in [2.45, 2.75) is 24.5 Å². The van der Waals surface area contributed by atoms with Crippen LogP contribution in [-0.4, -0.2) is 79.2 Å². The molecule has 16 heteroatoms. The van der Waals surface area contributed by atoms with Crippen molar-refractivity contribution in [3.8, 4) is 0 Å². The van der Waals surface area contributed by atoms with Crippen LogP contribution in [0.25, 0.3) is 0 Å². The summed E-state index contributed by atoms with van der Waals surface area (Å²) in [6.45, 7) is 0.251. The van der Waals surface area contributed by atoms with Gasteiger partial charge in [-0.1, -0.05) is 5.16 Å². The van der Waals surface area contributed by atoms with E-state index in [0.29, 0.717) is 17.1 Å². The van der Waals surface area contributed by atoms with E-state index in [1.54, 1.807) is 21.6 Å². The molecule has 2 aliphatic heterocycles. The summed E-state index contributed by atoms with van der Waals surface area (Å²) in [6, 6.07) is 0.688. The number of nitrogens with zero attached hydrogens (tertiary/aromatic N) is 5. The molecule has 4 heterocycles. The zero-order chi connectivity index (χ0) is 25.3. The Labute approximate surface area is 206 Å². The predicted molar refractivity (Wildman–Crippen MR) is 126 cm³/mol. The molecule has 0 aliphatic carbocycles. The van der Waals surface area contributed by atoms with E-state index >= 15 is 0 Å². The van der Waals surface area contributed by atoms with Crippen LogP contribution < -0.4 is 21.5 Å². The molecule has 4 rings (SSSR count). The Morgan fingerprint density at radius 3 is 2.83 bits per heavy atom. The predicted octanol–water partition coefficient (Wildman–Crippen LogP) is -1.82. The first-order valence-corrected chi connectivity index (χ1v) is 12.2. The van der Waals surface area contributed by atoms with Crippen molar-refractivity contribution in [2.24, 2.45) is 5.16 Å². The van der Waals surface area contributed by atoms with Gasteiger partial charge in [-0.2, -0.15) is 0 Å². The number of hydrogen-bond acceptors (Lipinski definition) is 11. The third-order valence-electron chi connectivity index (χ3n) is 5.39. The van der Waals surface area contributed by atoms with Gasteiger partial charge < -0.3 is 31.8 Å². The molecule has 35 heavy (non-hydrogen) atoms. The summed E-state index contributed by atoms with van der Waals surface area (Å²) in [4.78, 5) is 47.9. The highest BCUT2D eigenvalue weighted by molar-refractivity contribution is 8.00. The van der Waals surface area contributed by atoms with Crippen LogP contribution >= 0.6 is 23.1 Å². The van der Waals surface area contributed by atoms with Gasteiger partial charge in [-0.05, 0) is 0 Å². The minimum Gasteiger partial charge on any atom is -0.477 e. The number of nitrogens with two attached hydrogens (primary N) is 2. The van der Waals surface area contributed by atoms with Gasteiger partial charge in [0.2, 0.25) is 0 Å². The van der Waals surface area contributed by atoms with E-state index in [9.17, 15) is 24.6 Å². The highest BCUT2D eigenvalue weighted by Crippen LogP contribution is 2.40. The number of carboxylic acid groups (broad SMARTS) is 1. The van der Waals surface area contributed by atoms with E-state index < -0.39 is 29.2 Å². The molecular weight excluding hydrogens is 500 g/mol. The molecule has 0 saturated carbocycles. The van der Waals surface area contributed by atoms with Crippen molar-refractivity contribution >= 4 is 57.5 Å². The summed E-state index contributed by atoms with van der Waals surface area (Å²) in [5.74, 6) is -1.79. The first-order valence-electron chi connectivity index (χ1n) is 10.3. The maximum Gasteiger partial charge on any atom is 0.352 e. The number of nitrogens with one attached hydrogen (secondary N) is 1. The second-order valence-electron chi connectivity index (χ2n) is 7.50. The summed E-state index contributed by atoms with van der Waals surface area (Å²) in [7, 11) is 1.27. The minimum atomic E-state index is -1.25. The lowest BCUT2D eigenvalue weighted by atomic mass is 10.0. The van der Waals surface area contributed by atoms with Gasteiger partial charge in [-0.3, -0.25) is 14.5 Å². The van der Waals surface area contributed by atoms with Crippen molar-refractivity contribution in [1.82, 2.24) is 19.9 Å². The average Bonchev–Trinajstić information content (AvgIpc) is 3.41. The Bertz CT molecular complexity index is 1240. The van der Waals surface area contributed by atoms with Crippen molar-refractivity contribution in [3.05, 3.63) is 34.6 Å². The van der Waals surface area contributed by atoms with Crippen molar-refractivity contribution < 1.29 is 34.1 Å². The number of carboxylic acids is 1. The van der Waals surface area contributed by atoms with Crippen LogP contribution in [-0.2, 0) is 32.3 Å². The maximum absolute atomic E-state index is 13.0. The molecule has 2 aromatic heterocycles. The van der Waals surface area contributed by atoms with Crippen LogP contribution in [0.4, 0.5) is 10.9 Å². The van der Waals surface area contributed by atoms with E-state index in [2.05, 4.69) is 15.5 Å². The lowest BCUT2D eigenvalue weighted by Crippen LogP contribution is -2.71. The Hall–Kier alpha value is -3.63. The van der Waals surface area contributed by atoms with Gasteiger partial charge in [0.1, 0.15) is 36.5 Å². The van der Waals surface area contributed by atoms with Crippen molar-refractivity contribution in [1.29, 1.82) is 0 Å². The molecule has 2 atom stereocenters. The van der Waals surface area contributed by atoms with Gasteiger partial charge in [0.05, 0.1) is 12.7 Å². The third-order valence-corrected chi connectivity index (χ3v) is 7.40. The van der Waals surface area contributed by atoms with Gasteiger partial charge in [0.15, 0.2) is 29.4 Å². The van der Waals surface area contributed by atoms with Crippen LogP contribution in [0, 0.1) is 0 Å². The number of carbonyl (C=O) groups is 3. The number of aromatic nitrogens is 3. The van der Waals surface area contributed by atoms with Crippen LogP contribution in [0.3, 0.4) is 0 Å². The smallest absolute Gasteiger partial charge is 0.352 e. The van der Waals surface area contributed by atoms with E-state index in [4.69, 9.17) is 16.3 Å². The van der Waals surface area contributed by atoms with Gasteiger partial charge in [0.25, 0.3) is 11.8 Å². The second-order valence-corrected chi connectivity index (χ2v) is 9.49. The Balaban J connectivity index is 1.54. The zero-order valence-corrected chi connectivity index (χ0v) is 20.1. The molecular formula is C19H23N8O6S2+. The molecule has 1 fully saturated rings. The zero-order valence-electron chi connectivity index (χ0n) is 18.4. The molecule has 2 amide bonds. The normalized spacial score (nSPS) is 19.9. The summed E-state index contributed by atoms with van der Waals surface area (Å²) in [5, 5.41) is 26.7. The number of thiazole rings is 1. The van der Waals surface area contributed by atoms with Gasteiger partial charge >= 0.3 is 5.97 Å². The summed E-state index contributed by atoms with van der Waals surface area (Å²) >= 11 is 2.44. The molecule has 0 spiro atoms. The van der Waals surface area contributed by atoms with Crippen molar-refractivity contribution in [3.63, 3.8) is 0 Å². The number of β-lactam (4-membered cyclic amide) rings is 1. The number of oxime groups is 1. The molecule has 7 N–H and O–H groups in total. The largest absolute Gasteiger partial charge is 0.477 e. The number of amides is 2. The molecule has 0 bridgehead atoms. The highest BCUT2D eigenvalue weighted by Gasteiger charge is 2.55. The molecule has 2 aromatic rings. The van der Waals surface area contributed by atoms with Crippen LogP contribution in [0.5, 0.6) is 0 Å². The number of nitrogen functional groups attached to an aromatic ring is 2. The lowest BCUT2D eigenvalue weighted by molar-refractivity contribution is -0.767. The van der Waals surface area contributed by atoms with Crippen molar-refractivity contribution in [2.75, 3.05) is 30.9 Å². The number of rotatable bonds is 9. The molecule has 186 valence electrons. The second kappa shape index (κ2) is 9.93. The SMILES string of the molecule is CO/N=C(/C(=O)N[C@@H]1C(=O)N2C(C(=O)O)=C(C[n+]3ccc(N)n3CCO)CS[C@H]12)c1csc(N)n1. The number of fused-ring (bicyclic) bond motifs is 1. The molecule has 0 unspecified atom stereocenters. The first kappa shape index (κ1) is 24.5. The average molecular weight is 524 g/mol. The number of aliphatic carboxylic acids is 1. The number of anilines is 2. The quantitative estimate of drug-likeness (QED) is 0.108. The number of thioether (sulfide) groups is 1. The van der Waals surface area contributed by atoms with Gasteiger partial charge in [-0.15, -0.1) is 32.5 Å². The number of carbonyl (C=O) groups excluding carboxylic acids is 2. The highest BCUT2D eigenvalue weighted by atomic mass is 32.2. The van der Waals surface area contributed by atoms with E-state index in [-0.39, 0.29) is 41.9 Å². The molecule has 2 aliphatic rings. The molecule has 14 nitrogen and oxygen atoms in total. The van der Waals surface area contributed by atoms with Crippen LogP contribution in [0.2, 0.25) is 0 Å². The third kappa shape index (κ3) is 4.54. The van der Waals surface area contributed by atoms with Crippen LogP contribution in [0.1, 0.15) is 5.69 Å². The monoisotopic (exact) mass is 523 g/mol. The van der Waals surface area contributed by atoms with E-state index in [1.807, 2.05) is 0 Å². The number of hydrogen-bond donors (Lipinski definition) is 5. The Morgan fingerprint density at radius 1 is 1.43 bits per heavy atom. The fraction of sp³-hybridized carbons (Fsp3) is 0.368. The minimum absolute atomic E-state index is 0.134. The standard InChI is InChI=1S/C19H22N8O6S2/c1-33-24-12(10-8-35-19(21)22-10)15(29)23-13-16(30)27-14(18(31)32)9(7-34-17(13)27)6-25-3-2-11(20)26(25)4-5-28/h2-3,8,13,17,20,28H,4-7H2,1H3,(H4,21,22,23,29,31,32)/p+1/b24-12+/t13-,17-/m1/s1. The fourth-order valence-electron chi connectivity index (χ4n) is 3.87. The summed E-state index contributed by atoms with van der Waals surface area (Å²) in [5.41, 5.74) is 12.0. The summed E-state index contributed by atoms with van der Waals surface area (Å²) < 4.78 is 3.30.